The van der Waals surface area contributed by atoms with Crippen LogP contribution >= 0.6 is 0 Å². The summed E-state index contributed by atoms with van der Waals surface area (Å²) in [4.78, 5) is 25.2. The topological polar surface area (TPSA) is 92.3 Å². The van der Waals surface area contributed by atoms with Gasteiger partial charge in [0, 0.05) is 6.07 Å². The number of aryl methyl sites for hydroxylation is 1. The number of anilines is 1. The smallest absolute Gasteiger partial charge is 0.262 e. The third-order valence-electron chi connectivity index (χ3n) is 5.35. The standard InChI is InChI=1S/C27H25NO7/c1-16-5-9-21(31-2)20(11-16)28-26(29)15-34-18-7-8-19-23(14-18)35-25(27(19)30)13-17-6-10-22(32-3)24(12-17)33-4/h5-14H,15H2,1-4H3,(H,28,29). The predicted octanol–water partition coefficient (Wildman–Crippen LogP) is 4.65. The summed E-state index contributed by atoms with van der Waals surface area (Å²) in [5.74, 6) is 2.03. The van der Waals surface area contributed by atoms with Crippen molar-refractivity contribution in [1.82, 2.24) is 0 Å². The third-order valence-corrected chi connectivity index (χ3v) is 5.35. The summed E-state index contributed by atoms with van der Waals surface area (Å²) in [5, 5.41) is 2.78. The van der Waals surface area contributed by atoms with Crippen LogP contribution in [0.3, 0.4) is 0 Å². The first-order valence-electron chi connectivity index (χ1n) is 10.8. The molecule has 0 radical (unpaired) electrons. The Morgan fingerprint density at radius 1 is 0.914 bits per heavy atom. The van der Waals surface area contributed by atoms with E-state index in [1.807, 2.05) is 19.1 Å². The number of methoxy groups -OCH3 is 3. The lowest BCUT2D eigenvalue weighted by Crippen LogP contribution is -2.20. The monoisotopic (exact) mass is 475 g/mol. The molecule has 1 N–H and O–H groups in total. The number of benzene rings is 3. The lowest BCUT2D eigenvalue weighted by atomic mass is 10.1. The highest BCUT2D eigenvalue weighted by molar-refractivity contribution is 6.14. The molecule has 35 heavy (non-hydrogen) atoms. The minimum atomic E-state index is -0.347. The van der Waals surface area contributed by atoms with Gasteiger partial charge in [0.25, 0.3) is 5.91 Å². The Morgan fingerprint density at radius 2 is 1.66 bits per heavy atom. The van der Waals surface area contributed by atoms with Crippen molar-refractivity contribution in [2.45, 2.75) is 6.92 Å². The Morgan fingerprint density at radius 3 is 2.40 bits per heavy atom. The van der Waals surface area contributed by atoms with Crippen molar-refractivity contribution >= 4 is 23.5 Å². The van der Waals surface area contributed by atoms with E-state index in [0.717, 1.165) is 11.1 Å². The molecular formula is C27H25NO7. The van der Waals surface area contributed by atoms with E-state index < -0.39 is 0 Å². The van der Waals surface area contributed by atoms with Crippen LogP contribution in [0.1, 0.15) is 21.5 Å². The molecule has 0 aliphatic carbocycles. The van der Waals surface area contributed by atoms with Gasteiger partial charge >= 0.3 is 0 Å². The summed E-state index contributed by atoms with van der Waals surface area (Å²) in [6.45, 7) is 1.70. The maximum Gasteiger partial charge on any atom is 0.262 e. The molecule has 0 spiro atoms. The van der Waals surface area contributed by atoms with Crippen LogP contribution < -0.4 is 29.0 Å². The van der Waals surface area contributed by atoms with Crippen LogP contribution in [-0.4, -0.2) is 39.6 Å². The quantitative estimate of drug-likeness (QED) is 0.474. The van der Waals surface area contributed by atoms with E-state index >= 15 is 0 Å². The van der Waals surface area contributed by atoms with Gasteiger partial charge in [-0.1, -0.05) is 12.1 Å². The number of hydrogen-bond donors (Lipinski definition) is 1. The molecule has 3 aromatic carbocycles. The van der Waals surface area contributed by atoms with Gasteiger partial charge in [0.2, 0.25) is 5.78 Å². The summed E-state index contributed by atoms with van der Waals surface area (Å²) in [6.07, 6.45) is 1.63. The number of ketones is 1. The second-order valence-corrected chi connectivity index (χ2v) is 7.75. The molecule has 1 aliphatic heterocycles. The summed E-state index contributed by atoms with van der Waals surface area (Å²) in [6, 6.07) is 15.6. The maximum atomic E-state index is 12.8. The second-order valence-electron chi connectivity index (χ2n) is 7.75. The van der Waals surface area contributed by atoms with Crippen LogP contribution in [-0.2, 0) is 4.79 Å². The molecule has 4 rings (SSSR count). The van der Waals surface area contributed by atoms with Gasteiger partial charge in [-0.2, -0.15) is 0 Å². The highest BCUT2D eigenvalue weighted by atomic mass is 16.5. The fourth-order valence-electron chi connectivity index (χ4n) is 3.61. The van der Waals surface area contributed by atoms with Crippen molar-refractivity contribution in [2.75, 3.05) is 33.3 Å². The lowest BCUT2D eigenvalue weighted by Gasteiger charge is -2.12. The SMILES string of the molecule is COc1ccc(C)cc1NC(=O)COc1ccc2c(c1)OC(=Cc1ccc(OC)c(OC)c1)C2=O. The zero-order valence-corrected chi connectivity index (χ0v) is 19.8. The fourth-order valence-corrected chi connectivity index (χ4v) is 3.61. The summed E-state index contributed by atoms with van der Waals surface area (Å²) < 4.78 is 27.2. The minimum Gasteiger partial charge on any atom is -0.495 e. The molecule has 0 saturated carbocycles. The van der Waals surface area contributed by atoms with E-state index in [2.05, 4.69) is 5.32 Å². The van der Waals surface area contributed by atoms with Crippen molar-refractivity contribution in [3.05, 3.63) is 77.0 Å². The van der Waals surface area contributed by atoms with Gasteiger partial charge in [0.05, 0.1) is 32.6 Å². The average molecular weight is 475 g/mol. The van der Waals surface area contributed by atoms with Crippen molar-refractivity contribution in [2.24, 2.45) is 0 Å². The number of Topliss-reactive ketones (excluding diaryl/α,β-unsaturated/α-hetero) is 1. The molecular weight excluding hydrogens is 450 g/mol. The molecule has 0 aromatic heterocycles. The molecule has 8 nitrogen and oxygen atoms in total. The molecule has 1 amide bonds. The molecule has 0 unspecified atom stereocenters. The Kier molecular flexibility index (Phi) is 6.91. The maximum absolute atomic E-state index is 12.8. The molecule has 0 bridgehead atoms. The number of allylic oxidation sites excluding steroid dienone is 1. The number of ether oxygens (including phenoxy) is 5. The zero-order chi connectivity index (χ0) is 24.9. The van der Waals surface area contributed by atoms with Crippen molar-refractivity contribution < 1.29 is 33.3 Å². The van der Waals surface area contributed by atoms with Crippen LogP contribution in [0.4, 0.5) is 5.69 Å². The van der Waals surface area contributed by atoms with E-state index in [9.17, 15) is 9.59 Å². The van der Waals surface area contributed by atoms with Gasteiger partial charge in [-0.25, -0.2) is 0 Å². The van der Waals surface area contributed by atoms with Crippen molar-refractivity contribution in [3.8, 4) is 28.7 Å². The molecule has 0 fully saturated rings. The lowest BCUT2D eigenvalue weighted by molar-refractivity contribution is -0.118. The van der Waals surface area contributed by atoms with Crippen LogP contribution in [0.5, 0.6) is 28.7 Å². The van der Waals surface area contributed by atoms with E-state index in [1.165, 1.54) is 7.11 Å². The normalized spacial score (nSPS) is 13.1. The Balaban J connectivity index is 1.43. The molecule has 3 aromatic rings. The first kappa shape index (κ1) is 23.7. The second kappa shape index (κ2) is 10.2. The summed E-state index contributed by atoms with van der Waals surface area (Å²) in [7, 11) is 4.64. The van der Waals surface area contributed by atoms with Gasteiger partial charge in [0.15, 0.2) is 23.9 Å². The largest absolute Gasteiger partial charge is 0.495 e. The van der Waals surface area contributed by atoms with E-state index in [-0.39, 0.29) is 24.1 Å². The summed E-state index contributed by atoms with van der Waals surface area (Å²) in [5.41, 5.74) is 2.69. The third kappa shape index (κ3) is 5.22. The molecule has 0 atom stereocenters. The number of carbonyl (C=O) groups excluding carboxylic acids is 2. The predicted molar refractivity (Wildman–Crippen MR) is 131 cm³/mol. The molecule has 1 heterocycles. The van der Waals surface area contributed by atoms with Crippen molar-refractivity contribution in [3.63, 3.8) is 0 Å². The number of rotatable bonds is 8. The number of nitrogens with one attached hydrogen (secondary N) is 1. The first-order chi connectivity index (χ1) is 16.9. The van der Waals surface area contributed by atoms with Gasteiger partial charge in [0.1, 0.15) is 17.2 Å². The van der Waals surface area contributed by atoms with Gasteiger partial charge in [-0.05, 0) is 60.5 Å². The number of carbonyl (C=O) groups is 2. The van der Waals surface area contributed by atoms with Crippen molar-refractivity contribution in [1.29, 1.82) is 0 Å². The number of hydrogen-bond acceptors (Lipinski definition) is 7. The zero-order valence-electron chi connectivity index (χ0n) is 19.8. The molecule has 8 heteroatoms. The molecule has 0 saturated heterocycles. The fraction of sp³-hybridized carbons (Fsp3) is 0.185. The Bertz CT molecular complexity index is 1310. The average Bonchev–Trinajstić information content (AvgIpc) is 3.17. The number of amides is 1. The summed E-state index contributed by atoms with van der Waals surface area (Å²) >= 11 is 0. The Labute approximate surface area is 203 Å². The van der Waals surface area contributed by atoms with E-state index in [4.69, 9.17) is 23.7 Å². The van der Waals surface area contributed by atoms with Crippen LogP contribution in [0.2, 0.25) is 0 Å². The molecule has 1 aliphatic rings. The highest BCUT2D eigenvalue weighted by Gasteiger charge is 2.28. The highest BCUT2D eigenvalue weighted by Crippen LogP contribution is 2.36. The Hall–Kier alpha value is -4.46. The van der Waals surface area contributed by atoms with Crippen LogP contribution in [0.15, 0.2) is 60.4 Å². The molecule has 180 valence electrons. The van der Waals surface area contributed by atoms with Gasteiger partial charge < -0.3 is 29.0 Å². The van der Waals surface area contributed by atoms with Crippen LogP contribution in [0, 0.1) is 6.92 Å². The van der Waals surface area contributed by atoms with Gasteiger partial charge in [-0.3, -0.25) is 9.59 Å². The first-order valence-corrected chi connectivity index (χ1v) is 10.8. The minimum absolute atomic E-state index is 0.175. The van der Waals surface area contributed by atoms with E-state index in [1.54, 1.807) is 62.8 Å². The van der Waals surface area contributed by atoms with Gasteiger partial charge in [-0.15, -0.1) is 0 Å². The van der Waals surface area contributed by atoms with Crippen LogP contribution in [0.25, 0.3) is 6.08 Å². The van der Waals surface area contributed by atoms with E-state index in [0.29, 0.717) is 40.0 Å². The number of fused-ring (bicyclic) bond motifs is 1.